The average molecular weight is 287 g/mol. The van der Waals surface area contributed by atoms with Crippen LogP contribution in [0, 0.1) is 11.7 Å². The van der Waals surface area contributed by atoms with Gasteiger partial charge in [-0.05, 0) is 24.0 Å². The van der Waals surface area contributed by atoms with Gasteiger partial charge in [0.15, 0.2) is 0 Å². The lowest BCUT2D eigenvalue weighted by molar-refractivity contribution is -0.109. The molecular formula is C14H20ClFN2O. The zero-order chi connectivity index (χ0) is 14.4. The molecule has 1 aromatic carbocycles. The molecule has 0 saturated heterocycles. The number of aldehydes is 1. The van der Waals surface area contributed by atoms with Crippen molar-refractivity contribution in [3.05, 3.63) is 34.6 Å². The van der Waals surface area contributed by atoms with E-state index in [0.717, 1.165) is 12.8 Å². The van der Waals surface area contributed by atoms with Gasteiger partial charge in [0.05, 0.1) is 5.02 Å². The second-order valence-electron chi connectivity index (χ2n) is 5.06. The maximum Gasteiger partial charge on any atom is 0.145 e. The fourth-order valence-corrected chi connectivity index (χ4v) is 2.15. The molecule has 1 aromatic rings. The average Bonchev–Trinajstić information content (AvgIpc) is 2.34. The summed E-state index contributed by atoms with van der Waals surface area (Å²) in [4.78, 5) is 11.1. The van der Waals surface area contributed by atoms with Gasteiger partial charge in [-0.1, -0.05) is 37.6 Å². The van der Waals surface area contributed by atoms with Crippen molar-refractivity contribution in [2.75, 3.05) is 13.1 Å². The van der Waals surface area contributed by atoms with Crippen molar-refractivity contribution >= 4 is 17.9 Å². The largest absolute Gasteiger partial charge is 0.303 e. The summed E-state index contributed by atoms with van der Waals surface area (Å²) in [6.45, 7) is 5.40. The standard InChI is InChI=1S/C14H20ClFN2O/c1-10(2)8-18(17)7-6-11(9-19)12-4-3-5-13(15)14(12)16/h3-5,9-11H,6-8,17H2,1-2H3. The fraction of sp³-hybridized carbons (Fsp3) is 0.500. The fourth-order valence-electron chi connectivity index (χ4n) is 1.97. The SMILES string of the molecule is CC(C)CN(N)CCC(C=O)c1cccc(Cl)c1F. The first kappa shape index (κ1) is 16.1. The Kier molecular flexibility index (Phi) is 6.42. The normalized spacial score (nSPS) is 13.0. The Morgan fingerprint density at radius 3 is 2.74 bits per heavy atom. The van der Waals surface area contributed by atoms with Crippen molar-refractivity contribution in [3.8, 4) is 0 Å². The highest BCUT2D eigenvalue weighted by atomic mass is 35.5. The molecule has 0 aliphatic heterocycles. The smallest absolute Gasteiger partial charge is 0.145 e. The molecule has 1 atom stereocenters. The number of hydrogen-bond acceptors (Lipinski definition) is 3. The van der Waals surface area contributed by atoms with Crippen LogP contribution in [0.5, 0.6) is 0 Å². The van der Waals surface area contributed by atoms with Gasteiger partial charge in [0.1, 0.15) is 12.1 Å². The summed E-state index contributed by atoms with van der Waals surface area (Å²) in [6.07, 6.45) is 1.22. The van der Waals surface area contributed by atoms with Crippen LogP contribution in [-0.4, -0.2) is 24.4 Å². The lowest BCUT2D eigenvalue weighted by atomic mass is 9.96. The van der Waals surface area contributed by atoms with E-state index in [9.17, 15) is 9.18 Å². The topological polar surface area (TPSA) is 46.3 Å². The number of nitrogens with zero attached hydrogens (tertiary/aromatic N) is 1. The number of hydrogen-bond donors (Lipinski definition) is 1. The maximum atomic E-state index is 13.8. The summed E-state index contributed by atoms with van der Waals surface area (Å²) in [5.41, 5.74) is 0.334. The quantitative estimate of drug-likeness (QED) is 0.476. The third-order valence-corrected chi connectivity index (χ3v) is 3.16. The Morgan fingerprint density at radius 2 is 2.16 bits per heavy atom. The zero-order valence-electron chi connectivity index (χ0n) is 11.3. The lowest BCUT2D eigenvalue weighted by Crippen LogP contribution is -2.36. The van der Waals surface area contributed by atoms with Crippen molar-refractivity contribution in [2.45, 2.75) is 26.2 Å². The minimum atomic E-state index is -0.520. The Morgan fingerprint density at radius 1 is 1.47 bits per heavy atom. The number of hydrazine groups is 1. The predicted molar refractivity (Wildman–Crippen MR) is 75.4 cm³/mol. The molecule has 19 heavy (non-hydrogen) atoms. The first-order chi connectivity index (χ1) is 8.95. The molecule has 0 aliphatic rings. The van der Waals surface area contributed by atoms with Crippen LogP contribution in [0.15, 0.2) is 18.2 Å². The van der Waals surface area contributed by atoms with Gasteiger partial charge < -0.3 is 4.79 Å². The molecular weight excluding hydrogens is 267 g/mol. The second-order valence-corrected chi connectivity index (χ2v) is 5.47. The Hall–Kier alpha value is -0.970. The Balaban J connectivity index is 2.68. The summed E-state index contributed by atoms with van der Waals surface area (Å²) in [6, 6.07) is 4.70. The van der Waals surface area contributed by atoms with Crippen LogP contribution < -0.4 is 5.84 Å². The molecule has 0 aliphatic carbocycles. The number of carbonyl (C=O) groups is 1. The van der Waals surface area contributed by atoms with Crippen LogP contribution in [-0.2, 0) is 4.79 Å². The van der Waals surface area contributed by atoms with Crippen LogP contribution in [0.25, 0.3) is 0 Å². The molecule has 0 spiro atoms. The van der Waals surface area contributed by atoms with E-state index < -0.39 is 11.7 Å². The van der Waals surface area contributed by atoms with Crippen molar-refractivity contribution in [3.63, 3.8) is 0 Å². The van der Waals surface area contributed by atoms with Crippen molar-refractivity contribution in [2.24, 2.45) is 11.8 Å². The highest BCUT2D eigenvalue weighted by Crippen LogP contribution is 2.25. The molecule has 0 aromatic heterocycles. The molecule has 0 radical (unpaired) electrons. The van der Waals surface area contributed by atoms with E-state index in [1.54, 1.807) is 17.1 Å². The number of nitrogens with two attached hydrogens (primary N) is 1. The van der Waals surface area contributed by atoms with Gasteiger partial charge in [-0.3, -0.25) is 5.84 Å². The molecule has 3 nitrogen and oxygen atoms in total. The van der Waals surface area contributed by atoms with E-state index in [1.807, 2.05) is 0 Å². The van der Waals surface area contributed by atoms with Gasteiger partial charge in [0.25, 0.3) is 0 Å². The zero-order valence-corrected chi connectivity index (χ0v) is 12.0. The first-order valence-electron chi connectivity index (χ1n) is 6.34. The minimum Gasteiger partial charge on any atom is -0.303 e. The van der Waals surface area contributed by atoms with Crippen LogP contribution in [0.2, 0.25) is 5.02 Å². The van der Waals surface area contributed by atoms with Crippen LogP contribution in [0.1, 0.15) is 31.7 Å². The molecule has 106 valence electrons. The van der Waals surface area contributed by atoms with E-state index in [1.165, 1.54) is 6.07 Å². The van der Waals surface area contributed by atoms with E-state index >= 15 is 0 Å². The first-order valence-corrected chi connectivity index (χ1v) is 6.72. The molecule has 1 rings (SSSR count). The second kappa shape index (κ2) is 7.58. The van der Waals surface area contributed by atoms with E-state index in [-0.39, 0.29) is 5.02 Å². The van der Waals surface area contributed by atoms with Gasteiger partial charge in [-0.25, -0.2) is 9.40 Å². The van der Waals surface area contributed by atoms with Crippen molar-refractivity contribution < 1.29 is 9.18 Å². The molecule has 0 saturated carbocycles. The van der Waals surface area contributed by atoms with E-state index in [2.05, 4.69) is 13.8 Å². The predicted octanol–water partition coefficient (Wildman–Crippen LogP) is 2.98. The van der Waals surface area contributed by atoms with Gasteiger partial charge in [-0.15, -0.1) is 0 Å². The third kappa shape index (κ3) is 4.90. The van der Waals surface area contributed by atoms with Crippen LogP contribution in [0.3, 0.4) is 0 Å². The molecule has 2 N–H and O–H groups in total. The lowest BCUT2D eigenvalue weighted by Gasteiger charge is -2.20. The van der Waals surface area contributed by atoms with Gasteiger partial charge >= 0.3 is 0 Å². The van der Waals surface area contributed by atoms with Crippen LogP contribution >= 0.6 is 11.6 Å². The number of rotatable bonds is 7. The number of carbonyl (C=O) groups excluding carboxylic acids is 1. The van der Waals surface area contributed by atoms with Crippen molar-refractivity contribution in [1.82, 2.24) is 5.01 Å². The van der Waals surface area contributed by atoms with E-state index in [4.69, 9.17) is 17.4 Å². The highest BCUT2D eigenvalue weighted by molar-refractivity contribution is 6.30. The molecule has 0 heterocycles. The van der Waals surface area contributed by atoms with Gasteiger partial charge in [0, 0.05) is 19.0 Å². The molecule has 0 bridgehead atoms. The third-order valence-electron chi connectivity index (χ3n) is 2.87. The summed E-state index contributed by atoms with van der Waals surface area (Å²) in [7, 11) is 0. The molecule has 5 heteroatoms. The Bertz CT molecular complexity index is 426. The summed E-state index contributed by atoms with van der Waals surface area (Å²) in [5, 5.41) is 1.69. The summed E-state index contributed by atoms with van der Waals surface area (Å²) in [5.74, 6) is 5.23. The molecule has 0 fully saturated rings. The highest BCUT2D eigenvalue weighted by Gasteiger charge is 2.17. The monoisotopic (exact) mass is 286 g/mol. The van der Waals surface area contributed by atoms with Crippen molar-refractivity contribution in [1.29, 1.82) is 0 Å². The molecule has 0 amide bonds. The number of halogens is 2. The summed E-state index contributed by atoms with van der Waals surface area (Å²) < 4.78 is 13.8. The Labute approximate surface area is 118 Å². The van der Waals surface area contributed by atoms with E-state index in [0.29, 0.717) is 24.4 Å². The van der Waals surface area contributed by atoms with Gasteiger partial charge in [-0.2, -0.15) is 0 Å². The maximum absolute atomic E-state index is 13.8. The van der Waals surface area contributed by atoms with Gasteiger partial charge in [0.2, 0.25) is 0 Å². The molecule has 1 unspecified atom stereocenters. The van der Waals surface area contributed by atoms with Crippen LogP contribution in [0.4, 0.5) is 4.39 Å². The summed E-state index contributed by atoms with van der Waals surface area (Å²) >= 11 is 5.72. The number of benzene rings is 1. The minimum absolute atomic E-state index is 0.0381.